The molecule has 300 valence electrons. The van der Waals surface area contributed by atoms with Crippen LogP contribution in [0.5, 0.6) is 0 Å². The Morgan fingerprint density at radius 2 is 1.10 bits per heavy atom. The molecule has 0 fully saturated rings. The number of aromatic nitrogens is 4. The van der Waals surface area contributed by atoms with Crippen LogP contribution in [0, 0.1) is 22.7 Å². The number of fused-ring (bicyclic) bond motifs is 2. The lowest BCUT2D eigenvalue weighted by atomic mass is 10.2. The molecule has 15 nitrogen and oxygen atoms in total. The summed E-state index contributed by atoms with van der Waals surface area (Å²) >= 11 is 0. The van der Waals surface area contributed by atoms with Gasteiger partial charge in [0.15, 0.2) is 0 Å². The summed E-state index contributed by atoms with van der Waals surface area (Å²) in [5, 5.41) is 42.9. The van der Waals surface area contributed by atoms with E-state index in [0.29, 0.717) is 38.3 Å². The second-order valence-corrected chi connectivity index (χ2v) is 12.5. The zero-order valence-corrected chi connectivity index (χ0v) is 32.2. The molecular weight excluding hydrogens is 749 g/mol. The SMILES string of the molecule is N#CCC(=O)NCCCN(C(=O)/C=C/c1n[nH]c2ccccc12)c1ccccc1.N#CCC(=O)O.NCCCN(C(=O)/C=C/c1n[nH]c2ccccc12)c1ccccc1. The highest BCUT2D eigenvalue weighted by atomic mass is 16.4. The number of carbonyl (C=O) groups is 4. The Morgan fingerprint density at radius 3 is 1.53 bits per heavy atom. The normalized spacial score (nSPS) is 10.5. The number of benzene rings is 4. The predicted molar refractivity (Wildman–Crippen MR) is 227 cm³/mol. The molecule has 59 heavy (non-hydrogen) atoms. The molecule has 0 aliphatic rings. The van der Waals surface area contributed by atoms with E-state index in [1.807, 2.05) is 115 Å². The van der Waals surface area contributed by atoms with Crippen LogP contribution in [0.2, 0.25) is 0 Å². The molecule has 2 heterocycles. The van der Waals surface area contributed by atoms with E-state index < -0.39 is 12.4 Å². The lowest BCUT2D eigenvalue weighted by Gasteiger charge is -2.21. The van der Waals surface area contributed by atoms with Crippen molar-refractivity contribution in [1.82, 2.24) is 25.7 Å². The van der Waals surface area contributed by atoms with Crippen LogP contribution >= 0.6 is 0 Å². The molecule has 2 aromatic heterocycles. The largest absolute Gasteiger partial charge is 0.480 e. The van der Waals surface area contributed by atoms with E-state index in [9.17, 15) is 19.2 Å². The minimum atomic E-state index is -1.07. The van der Waals surface area contributed by atoms with Gasteiger partial charge in [0.25, 0.3) is 11.8 Å². The number of nitrogens with one attached hydrogen (secondary N) is 3. The van der Waals surface area contributed by atoms with Gasteiger partial charge in [-0.3, -0.25) is 29.4 Å². The van der Waals surface area contributed by atoms with Crippen LogP contribution in [0.15, 0.2) is 121 Å². The van der Waals surface area contributed by atoms with Crippen molar-refractivity contribution in [3.8, 4) is 12.1 Å². The first kappa shape index (κ1) is 43.8. The Hall–Kier alpha value is -7.88. The Bertz CT molecular complexity index is 2430. The molecule has 0 bridgehead atoms. The number of rotatable bonds is 15. The standard InChI is InChI=1S/C22H21N5O2.C19H20N4O.C3H3NO2/c23-14-13-21(28)24-15-6-16-27(17-7-2-1-3-8-17)22(29)12-11-20-18-9-4-5-10-19(18)25-26-20;20-13-6-14-23(15-7-2-1-3-8-15)19(24)12-11-18-16-9-4-5-10-17(16)21-22-18;4-2-1-3(5)6/h1-5,7-12H,6,13,15-16H2,(H,24,28)(H,25,26);1-5,7-12H,6,13-14,20H2,(H,21,22);1H2,(H,5,6)/b2*12-11+;. The summed E-state index contributed by atoms with van der Waals surface area (Å²) in [4.78, 5) is 49.7. The number of anilines is 2. The molecule has 3 amide bonds. The van der Waals surface area contributed by atoms with Crippen molar-refractivity contribution in [1.29, 1.82) is 10.5 Å². The third-order valence-corrected chi connectivity index (χ3v) is 8.37. The van der Waals surface area contributed by atoms with Gasteiger partial charge in [0.05, 0.1) is 34.6 Å². The van der Waals surface area contributed by atoms with Crippen molar-refractivity contribution < 1.29 is 24.3 Å². The number of aliphatic carboxylic acids is 1. The molecule has 0 unspecified atom stereocenters. The van der Waals surface area contributed by atoms with Crippen LogP contribution in [0.4, 0.5) is 11.4 Å². The Kier molecular flexibility index (Phi) is 17.8. The van der Waals surface area contributed by atoms with Gasteiger partial charge < -0.3 is 26.0 Å². The van der Waals surface area contributed by atoms with Gasteiger partial charge in [0, 0.05) is 53.9 Å². The molecule has 6 aromatic rings. The fraction of sp³-hybridized carbons (Fsp3) is 0.182. The number of carboxylic acid groups (broad SMARTS) is 1. The molecule has 0 saturated carbocycles. The highest BCUT2D eigenvalue weighted by Gasteiger charge is 2.15. The number of carbonyl (C=O) groups excluding carboxylic acids is 3. The average Bonchev–Trinajstić information content (AvgIpc) is 3.87. The first-order chi connectivity index (χ1) is 28.7. The topological polar surface area (TPSA) is 238 Å². The molecule has 0 saturated heterocycles. The second-order valence-electron chi connectivity index (χ2n) is 12.5. The van der Waals surface area contributed by atoms with Gasteiger partial charge in [0.2, 0.25) is 5.91 Å². The van der Waals surface area contributed by atoms with Crippen LogP contribution < -0.4 is 20.9 Å². The van der Waals surface area contributed by atoms with E-state index >= 15 is 0 Å². The van der Waals surface area contributed by atoms with Crippen molar-refractivity contribution in [2.45, 2.75) is 25.7 Å². The van der Waals surface area contributed by atoms with Crippen LogP contribution in [0.1, 0.15) is 37.1 Å². The summed E-state index contributed by atoms with van der Waals surface area (Å²) in [6.07, 6.45) is 7.26. The van der Waals surface area contributed by atoms with Gasteiger partial charge >= 0.3 is 5.97 Å². The number of nitrogens with zero attached hydrogens (tertiary/aromatic N) is 6. The van der Waals surface area contributed by atoms with Crippen LogP contribution in [0.25, 0.3) is 34.0 Å². The lowest BCUT2D eigenvalue weighted by Crippen LogP contribution is -2.33. The van der Waals surface area contributed by atoms with Gasteiger partial charge in [-0.2, -0.15) is 20.7 Å². The first-order valence-electron chi connectivity index (χ1n) is 18.6. The minimum Gasteiger partial charge on any atom is -0.480 e. The van der Waals surface area contributed by atoms with Gasteiger partial charge in [0.1, 0.15) is 12.8 Å². The van der Waals surface area contributed by atoms with Gasteiger partial charge in [-0.25, -0.2) is 0 Å². The average molecular weight is 793 g/mol. The second kappa shape index (κ2) is 23.9. The molecule has 0 spiro atoms. The number of para-hydroxylation sites is 4. The molecule has 0 aliphatic carbocycles. The summed E-state index contributed by atoms with van der Waals surface area (Å²) in [6, 6.07) is 37.8. The van der Waals surface area contributed by atoms with Crippen LogP contribution in [-0.2, 0) is 19.2 Å². The third-order valence-electron chi connectivity index (χ3n) is 8.37. The molecule has 4 aromatic carbocycles. The van der Waals surface area contributed by atoms with Gasteiger partial charge in [-0.05, 0) is 67.9 Å². The number of amides is 3. The highest BCUT2D eigenvalue weighted by Crippen LogP contribution is 2.20. The summed E-state index contributed by atoms with van der Waals surface area (Å²) in [5.41, 5.74) is 10.6. The van der Waals surface area contributed by atoms with E-state index in [1.165, 1.54) is 12.1 Å². The van der Waals surface area contributed by atoms with Gasteiger partial charge in [-0.15, -0.1) is 0 Å². The highest BCUT2D eigenvalue weighted by molar-refractivity contribution is 6.05. The van der Waals surface area contributed by atoms with Crippen molar-refractivity contribution in [2.75, 3.05) is 36.0 Å². The molecular formula is C44H44N10O5. The summed E-state index contributed by atoms with van der Waals surface area (Å²) in [6.45, 7) is 1.96. The fourth-order valence-corrected chi connectivity index (χ4v) is 5.57. The van der Waals surface area contributed by atoms with E-state index in [-0.39, 0.29) is 24.1 Å². The van der Waals surface area contributed by atoms with E-state index in [4.69, 9.17) is 21.4 Å². The molecule has 0 radical (unpaired) electrons. The summed E-state index contributed by atoms with van der Waals surface area (Å²) in [7, 11) is 0. The monoisotopic (exact) mass is 792 g/mol. The molecule has 15 heteroatoms. The number of aromatic amines is 2. The molecule has 0 aliphatic heterocycles. The van der Waals surface area contributed by atoms with Crippen LogP contribution in [0.3, 0.4) is 0 Å². The van der Waals surface area contributed by atoms with Crippen LogP contribution in [-0.4, -0.2) is 75.4 Å². The van der Waals surface area contributed by atoms with E-state index in [2.05, 4.69) is 25.7 Å². The zero-order chi connectivity index (χ0) is 42.2. The van der Waals surface area contributed by atoms with Crippen molar-refractivity contribution >= 4 is 69.0 Å². The maximum absolute atomic E-state index is 12.9. The minimum absolute atomic E-state index is 0.0817. The number of nitriles is 2. The fourth-order valence-electron chi connectivity index (χ4n) is 5.57. The predicted octanol–water partition coefficient (Wildman–Crippen LogP) is 5.97. The smallest absolute Gasteiger partial charge is 0.317 e. The van der Waals surface area contributed by atoms with Gasteiger partial charge in [-0.1, -0.05) is 72.8 Å². The number of H-pyrrole nitrogens is 2. The van der Waals surface area contributed by atoms with E-state index in [0.717, 1.165) is 45.3 Å². The maximum atomic E-state index is 12.9. The number of hydrogen-bond acceptors (Lipinski definition) is 9. The zero-order valence-electron chi connectivity index (χ0n) is 32.2. The Labute approximate surface area is 341 Å². The molecule has 6 N–H and O–H groups in total. The van der Waals surface area contributed by atoms with Crippen molar-refractivity contribution in [2.24, 2.45) is 5.73 Å². The summed E-state index contributed by atoms with van der Waals surface area (Å²) in [5.74, 6) is -1.64. The maximum Gasteiger partial charge on any atom is 0.317 e. The summed E-state index contributed by atoms with van der Waals surface area (Å²) < 4.78 is 0. The van der Waals surface area contributed by atoms with Crippen molar-refractivity contribution in [3.63, 3.8) is 0 Å². The lowest BCUT2D eigenvalue weighted by molar-refractivity contribution is -0.135. The Morgan fingerprint density at radius 1 is 0.661 bits per heavy atom. The van der Waals surface area contributed by atoms with Crippen molar-refractivity contribution in [3.05, 3.63) is 133 Å². The third kappa shape index (κ3) is 14.0. The molecule has 0 atom stereocenters. The number of nitrogens with two attached hydrogens (primary N) is 1. The van der Waals surface area contributed by atoms with E-state index in [1.54, 1.807) is 28.0 Å². The number of hydrogen-bond donors (Lipinski definition) is 5. The number of carboxylic acids is 1. The Balaban J connectivity index is 0.000000232. The quantitative estimate of drug-likeness (QED) is 0.0603. The molecule has 6 rings (SSSR count). The first-order valence-corrected chi connectivity index (χ1v) is 18.6.